The summed E-state index contributed by atoms with van der Waals surface area (Å²) in [6.45, 7) is 1.82. The molecule has 22 heavy (non-hydrogen) atoms. The van der Waals surface area contributed by atoms with Gasteiger partial charge >= 0.3 is 0 Å². The Kier molecular flexibility index (Phi) is 3.74. The molecule has 0 aliphatic heterocycles. The van der Waals surface area contributed by atoms with Gasteiger partial charge in [0, 0.05) is 29.3 Å². The molecule has 1 heterocycles. The van der Waals surface area contributed by atoms with Gasteiger partial charge in [-0.15, -0.1) is 0 Å². The summed E-state index contributed by atoms with van der Waals surface area (Å²) in [5.74, 6) is -0.628. The number of aromatic nitrogens is 1. The lowest BCUT2D eigenvalue weighted by molar-refractivity contribution is 0.102. The summed E-state index contributed by atoms with van der Waals surface area (Å²) in [6, 6.07) is 15.4. The fraction of sp³-hybridized carbons (Fsp3) is 0.0556. The number of aryl methyl sites for hydroxylation is 1. The number of hydrogen-bond donors (Lipinski definition) is 1. The van der Waals surface area contributed by atoms with Crippen LogP contribution < -0.4 is 5.32 Å². The SMILES string of the molecule is Cc1ccc(F)cc1NC(=O)c1ccc(-n2cccc2)cc1. The summed E-state index contributed by atoms with van der Waals surface area (Å²) < 4.78 is 15.2. The van der Waals surface area contributed by atoms with Crippen molar-refractivity contribution < 1.29 is 9.18 Å². The Hall–Kier alpha value is -2.88. The molecule has 0 fully saturated rings. The van der Waals surface area contributed by atoms with E-state index in [9.17, 15) is 9.18 Å². The molecule has 2 aromatic carbocycles. The maximum atomic E-state index is 13.3. The number of carbonyl (C=O) groups is 1. The average Bonchev–Trinajstić information content (AvgIpc) is 3.05. The van der Waals surface area contributed by atoms with Crippen LogP contribution in [0.25, 0.3) is 5.69 Å². The molecule has 0 unspecified atom stereocenters. The zero-order valence-electron chi connectivity index (χ0n) is 12.1. The van der Waals surface area contributed by atoms with Crippen LogP contribution in [0.4, 0.5) is 10.1 Å². The van der Waals surface area contributed by atoms with Crippen molar-refractivity contribution in [3.63, 3.8) is 0 Å². The van der Waals surface area contributed by atoms with Gasteiger partial charge in [0.2, 0.25) is 0 Å². The number of carbonyl (C=O) groups excluding carboxylic acids is 1. The minimum atomic E-state index is -0.371. The molecule has 3 aromatic rings. The molecule has 0 aliphatic rings. The number of hydrogen-bond acceptors (Lipinski definition) is 1. The Morgan fingerprint density at radius 3 is 2.41 bits per heavy atom. The average molecular weight is 294 g/mol. The van der Waals surface area contributed by atoms with Crippen LogP contribution in [-0.4, -0.2) is 10.5 Å². The molecule has 1 aromatic heterocycles. The van der Waals surface area contributed by atoms with Crippen LogP contribution in [-0.2, 0) is 0 Å². The first-order chi connectivity index (χ1) is 10.6. The van der Waals surface area contributed by atoms with Gasteiger partial charge in [0.05, 0.1) is 0 Å². The molecule has 0 radical (unpaired) electrons. The summed E-state index contributed by atoms with van der Waals surface area (Å²) in [4.78, 5) is 12.2. The molecule has 0 aliphatic carbocycles. The summed E-state index contributed by atoms with van der Waals surface area (Å²) in [7, 11) is 0. The highest BCUT2D eigenvalue weighted by Crippen LogP contribution is 2.18. The van der Waals surface area contributed by atoms with Gasteiger partial charge in [-0.1, -0.05) is 6.07 Å². The minimum Gasteiger partial charge on any atom is -0.324 e. The van der Waals surface area contributed by atoms with Crippen molar-refractivity contribution in [2.24, 2.45) is 0 Å². The normalized spacial score (nSPS) is 10.5. The van der Waals surface area contributed by atoms with E-state index >= 15 is 0 Å². The Morgan fingerprint density at radius 2 is 1.73 bits per heavy atom. The van der Waals surface area contributed by atoms with E-state index in [1.807, 2.05) is 48.1 Å². The lowest BCUT2D eigenvalue weighted by Gasteiger charge is -2.09. The van der Waals surface area contributed by atoms with Crippen LogP contribution in [0.2, 0.25) is 0 Å². The van der Waals surface area contributed by atoms with Gasteiger partial charge in [0.1, 0.15) is 5.82 Å². The molecule has 0 saturated heterocycles. The molecule has 4 heteroatoms. The number of rotatable bonds is 3. The second kappa shape index (κ2) is 5.85. The minimum absolute atomic E-state index is 0.257. The number of anilines is 1. The van der Waals surface area contributed by atoms with E-state index in [4.69, 9.17) is 0 Å². The van der Waals surface area contributed by atoms with Crippen LogP contribution in [0.5, 0.6) is 0 Å². The second-order valence-corrected chi connectivity index (χ2v) is 5.05. The van der Waals surface area contributed by atoms with Gasteiger partial charge in [-0.3, -0.25) is 4.79 Å². The molecule has 1 N–H and O–H groups in total. The van der Waals surface area contributed by atoms with E-state index in [0.29, 0.717) is 11.3 Å². The largest absolute Gasteiger partial charge is 0.324 e. The molecule has 3 rings (SSSR count). The van der Waals surface area contributed by atoms with Gasteiger partial charge in [0.15, 0.2) is 0 Å². The lowest BCUT2D eigenvalue weighted by Crippen LogP contribution is -2.13. The van der Waals surface area contributed by atoms with E-state index in [2.05, 4.69) is 5.32 Å². The van der Waals surface area contributed by atoms with E-state index < -0.39 is 0 Å². The lowest BCUT2D eigenvalue weighted by atomic mass is 10.1. The monoisotopic (exact) mass is 294 g/mol. The summed E-state index contributed by atoms with van der Waals surface area (Å²) in [5, 5.41) is 2.74. The standard InChI is InChI=1S/C18H15FN2O/c1-13-4-7-15(19)12-17(13)20-18(22)14-5-8-16(9-6-14)21-10-2-3-11-21/h2-12H,1H3,(H,20,22). The highest BCUT2D eigenvalue weighted by atomic mass is 19.1. The molecule has 1 amide bonds. The van der Waals surface area contributed by atoms with E-state index in [1.54, 1.807) is 18.2 Å². The van der Waals surface area contributed by atoms with Crippen LogP contribution >= 0.6 is 0 Å². The predicted octanol–water partition coefficient (Wildman–Crippen LogP) is 4.18. The summed E-state index contributed by atoms with van der Waals surface area (Å²) in [6.07, 6.45) is 3.87. The van der Waals surface area contributed by atoms with Crippen LogP contribution in [0, 0.1) is 12.7 Å². The highest BCUT2D eigenvalue weighted by molar-refractivity contribution is 6.04. The first-order valence-electron chi connectivity index (χ1n) is 6.94. The fourth-order valence-electron chi connectivity index (χ4n) is 2.21. The highest BCUT2D eigenvalue weighted by Gasteiger charge is 2.08. The van der Waals surface area contributed by atoms with Crippen molar-refractivity contribution in [2.45, 2.75) is 6.92 Å². The van der Waals surface area contributed by atoms with Crippen molar-refractivity contribution in [1.29, 1.82) is 0 Å². The van der Waals surface area contributed by atoms with Gasteiger partial charge < -0.3 is 9.88 Å². The molecular formula is C18H15FN2O. The van der Waals surface area contributed by atoms with Crippen molar-refractivity contribution >= 4 is 11.6 Å². The van der Waals surface area contributed by atoms with Gasteiger partial charge in [-0.2, -0.15) is 0 Å². The number of nitrogens with one attached hydrogen (secondary N) is 1. The molecule has 110 valence electrons. The quantitative estimate of drug-likeness (QED) is 0.772. The van der Waals surface area contributed by atoms with Crippen molar-refractivity contribution in [3.05, 3.63) is 83.9 Å². The third kappa shape index (κ3) is 2.91. The zero-order valence-corrected chi connectivity index (χ0v) is 12.1. The van der Waals surface area contributed by atoms with E-state index in [0.717, 1.165) is 11.3 Å². The maximum absolute atomic E-state index is 13.3. The summed E-state index contributed by atoms with van der Waals surface area (Å²) in [5.41, 5.74) is 2.81. The molecule has 0 spiro atoms. The maximum Gasteiger partial charge on any atom is 0.255 e. The number of amides is 1. The molecule has 0 atom stereocenters. The number of nitrogens with zero attached hydrogens (tertiary/aromatic N) is 1. The van der Waals surface area contributed by atoms with Gasteiger partial charge in [-0.25, -0.2) is 4.39 Å². The Bertz CT molecular complexity index is 792. The predicted molar refractivity (Wildman–Crippen MR) is 84.9 cm³/mol. The smallest absolute Gasteiger partial charge is 0.255 e. The van der Waals surface area contributed by atoms with Crippen molar-refractivity contribution in [2.75, 3.05) is 5.32 Å². The topological polar surface area (TPSA) is 34.0 Å². The van der Waals surface area contributed by atoms with E-state index in [1.165, 1.54) is 12.1 Å². The molecule has 3 nitrogen and oxygen atoms in total. The van der Waals surface area contributed by atoms with Crippen LogP contribution in [0.15, 0.2) is 67.0 Å². The van der Waals surface area contributed by atoms with Gasteiger partial charge in [-0.05, 0) is 61.0 Å². The molecule has 0 saturated carbocycles. The van der Waals surface area contributed by atoms with Crippen molar-refractivity contribution in [1.82, 2.24) is 4.57 Å². The first-order valence-corrected chi connectivity index (χ1v) is 6.94. The Balaban J connectivity index is 1.79. The third-order valence-corrected chi connectivity index (χ3v) is 3.48. The Labute approximate surface area is 128 Å². The van der Waals surface area contributed by atoms with Gasteiger partial charge in [0.25, 0.3) is 5.91 Å². The Morgan fingerprint density at radius 1 is 1.05 bits per heavy atom. The van der Waals surface area contributed by atoms with Crippen LogP contribution in [0.3, 0.4) is 0 Å². The number of benzene rings is 2. The van der Waals surface area contributed by atoms with Crippen molar-refractivity contribution in [3.8, 4) is 5.69 Å². The van der Waals surface area contributed by atoms with Crippen LogP contribution in [0.1, 0.15) is 15.9 Å². The molecular weight excluding hydrogens is 279 g/mol. The third-order valence-electron chi connectivity index (χ3n) is 3.48. The first kappa shape index (κ1) is 14.1. The molecule has 0 bridgehead atoms. The second-order valence-electron chi connectivity index (χ2n) is 5.05. The number of halogens is 1. The fourth-order valence-corrected chi connectivity index (χ4v) is 2.21. The zero-order chi connectivity index (χ0) is 15.5. The van der Waals surface area contributed by atoms with E-state index in [-0.39, 0.29) is 11.7 Å². The summed E-state index contributed by atoms with van der Waals surface area (Å²) >= 11 is 0.